The summed E-state index contributed by atoms with van der Waals surface area (Å²) in [5.74, 6) is 0.974. The number of rotatable bonds is 2. The Balaban J connectivity index is 1.66. The molecule has 1 amide bonds. The van der Waals surface area contributed by atoms with Crippen molar-refractivity contribution in [2.75, 3.05) is 12.0 Å². The molecule has 0 unspecified atom stereocenters. The molecule has 1 aliphatic carbocycles. The number of carbonyl (C=O) groups excluding carboxylic acids is 1. The molecule has 0 fully saturated rings. The first-order chi connectivity index (χ1) is 9.83. The quantitative estimate of drug-likeness (QED) is 0.922. The predicted molar refractivity (Wildman–Crippen MR) is 78.0 cm³/mol. The summed E-state index contributed by atoms with van der Waals surface area (Å²) in [5.41, 5.74) is 2.21. The first-order valence-electron chi connectivity index (χ1n) is 7.03. The molecule has 2 aromatic heterocycles. The highest BCUT2D eigenvalue weighted by Gasteiger charge is 2.32. The lowest BCUT2D eigenvalue weighted by Crippen LogP contribution is -2.39. The van der Waals surface area contributed by atoms with Crippen molar-refractivity contribution in [1.29, 1.82) is 0 Å². The summed E-state index contributed by atoms with van der Waals surface area (Å²) in [6.07, 6.45) is 6.26. The van der Waals surface area contributed by atoms with Crippen LogP contribution in [0.15, 0.2) is 22.8 Å². The topological polar surface area (TPSA) is 45.5 Å². The van der Waals surface area contributed by atoms with Crippen LogP contribution in [0.2, 0.25) is 0 Å². The predicted octanol–water partition coefficient (Wildman–Crippen LogP) is 3.25. The van der Waals surface area contributed by atoms with Crippen molar-refractivity contribution in [3.8, 4) is 0 Å². The molecule has 5 heteroatoms. The number of hydrogen-bond acceptors (Lipinski definition) is 4. The molecule has 0 spiro atoms. The van der Waals surface area contributed by atoms with Gasteiger partial charge in [-0.15, -0.1) is 11.3 Å². The van der Waals surface area contributed by atoms with Crippen molar-refractivity contribution in [2.24, 2.45) is 0 Å². The summed E-state index contributed by atoms with van der Waals surface area (Å²) in [6, 6.07) is 3.76. The molecule has 0 bridgehead atoms. The second kappa shape index (κ2) is 4.66. The lowest BCUT2D eigenvalue weighted by Gasteiger charge is -2.28. The van der Waals surface area contributed by atoms with Crippen LogP contribution < -0.4 is 5.32 Å². The molecule has 0 atom stereocenters. The maximum atomic E-state index is 12.7. The van der Waals surface area contributed by atoms with E-state index in [9.17, 15) is 4.79 Å². The standard InChI is InChI=1S/C15H16N2O2S/c18-15-13-11-5-1-2-6-12(11)20-14(13)16-9-17(15)8-10-4-3-7-19-10/h3-4,7,16H,1-2,5-6,8-9H2. The largest absolute Gasteiger partial charge is 0.467 e. The lowest BCUT2D eigenvalue weighted by molar-refractivity contribution is 0.0734. The van der Waals surface area contributed by atoms with Crippen LogP contribution in [0, 0.1) is 0 Å². The highest BCUT2D eigenvalue weighted by Crippen LogP contribution is 2.40. The highest BCUT2D eigenvalue weighted by molar-refractivity contribution is 7.16. The number of furan rings is 1. The van der Waals surface area contributed by atoms with Gasteiger partial charge in [0.25, 0.3) is 5.91 Å². The number of nitrogens with zero attached hydrogens (tertiary/aromatic N) is 1. The van der Waals surface area contributed by atoms with Gasteiger partial charge >= 0.3 is 0 Å². The van der Waals surface area contributed by atoms with Crippen molar-refractivity contribution in [3.63, 3.8) is 0 Å². The Labute approximate surface area is 121 Å². The minimum Gasteiger partial charge on any atom is -0.467 e. The molecular weight excluding hydrogens is 272 g/mol. The Morgan fingerprint density at radius 1 is 1.35 bits per heavy atom. The number of anilines is 1. The van der Waals surface area contributed by atoms with E-state index in [0.29, 0.717) is 13.2 Å². The Bertz CT molecular complexity index is 645. The average molecular weight is 288 g/mol. The molecule has 2 aliphatic rings. The molecule has 3 heterocycles. The number of thiophene rings is 1. The zero-order valence-corrected chi connectivity index (χ0v) is 12.0. The van der Waals surface area contributed by atoms with Crippen molar-refractivity contribution >= 4 is 22.2 Å². The van der Waals surface area contributed by atoms with Crippen LogP contribution in [-0.2, 0) is 19.4 Å². The maximum absolute atomic E-state index is 12.7. The third kappa shape index (κ3) is 1.85. The smallest absolute Gasteiger partial charge is 0.258 e. The Morgan fingerprint density at radius 3 is 3.10 bits per heavy atom. The number of nitrogens with one attached hydrogen (secondary N) is 1. The van der Waals surface area contributed by atoms with E-state index < -0.39 is 0 Å². The van der Waals surface area contributed by atoms with E-state index in [2.05, 4.69) is 5.32 Å². The van der Waals surface area contributed by atoms with E-state index in [1.165, 1.54) is 23.3 Å². The van der Waals surface area contributed by atoms with Gasteiger partial charge in [-0.2, -0.15) is 0 Å². The normalized spacial score (nSPS) is 17.6. The zero-order valence-electron chi connectivity index (χ0n) is 11.1. The summed E-state index contributed by atoms with van der Waals surface area (Å²) in [6.45, 7) is 1.09. The zero-order chi connectivity index (χ0) is 13.5. The van der Waals surface area contributed by atoms with Gasteiger partial charge in [-0.25, -0.2) is 0 Å². The first kappa shape index (κ1) is 12.0. The fourth-order valence-corrected chi connectivity index (χ4v) is 4.30. The fraction of sp³-hybridized carbons (Fsp3) is 0.400. The first-order valence-corrected chi connectivity index (χ1v) is 7.84. The Morgan fingerprint density at radius 2 is 2.25 bits per heavy atom. The van der Waals surface area contributed by atoms with Crippen LogP contribution >= 0.6 is 11.3 Å². The lowest BCUT2D eigenvalue weighted by atomic mass is 9.94. The van der Waals surface area contributed by atoms with E-state index >= 15 is 0 Å². The molecule has 20 heavy (non-hydrogen) atoms. The van der Waals surface area contributed by atoms with Crippen LogP contribution in [0.4, 0.5) is 5.00 Å². The molecule has 0 saturated carbocycles. The van der Waals surface area contributed by atoms with Crippen molar-refractivity contribution < 1.29 is 9.21 Å². The molecule has 1 N–H and O–H groups in total. The number of fused-ring (bicyclic) bond motifs is 3. The number of carbonyl (C=O) groups is 1. The third-order valence-electron chi connectivity index (χ3n) is 4.03. The summed E-state index contributed by atoms with van der Waals surface area (Å²) in [5, 5.41) is 4.46. The SMILES string of the molecule is O=C1c2c(sc3c2CCCC3)NCN1Cc1ccco1. The molecule has 104 valence electrons. The summed E-state index contributed by atoms with van der Waals surface area (Å²) in [4.78, 5) is 16.0. The fourth-order valence-electron chi connectivity index (χ4n) is 3.03. The molecule has 0 saturated heterocycles. The minimum absolute atomic E-state index is 0.148. The molecule has 0 radical (unpaired) electrons. The van der Waals surface area contributed by atoms with Crippen LogP contribution in [-0.4, -0.2) is 17.5 Å². The van der Waals surface area contributed by atoms with E-state index in [1.807, 2.05) is 17.0 Å². The number of aryl methyl sites for hydroxylation is 1. The van der Waals surface area contributed by atoms with Gasteiger partial charge in [-0.1, -0.05) is 0 Å². The number of hydrogen-bond donors (Lipinski definition) is 1. The van der Waals surface area contributed by atoms with Gasteiger partial charge in [0, 0.05) is 4.88 Å². The van der Waals surface area contributed by atoms with E-state index in [0.717, 1.165) is 29.2 Å². The highest BCUT2D eigenvalue weighted by atomic mass is 32.1. The van der Waals surface area contributed by atoms with Gasteiger partial charge in [0.15, 0.2) is 0 Å². The third-order valence-corrected chi connectivity index (χ3v) is 5.28. The Hall–Kier alpha value is -1.75. The second-order valence-corrected chi connectivity index (χ2v) is 6.44. The monoisotopic (exact) mass is 288 g/mol. The average Bonchev–Trinajstić information content (AvgIpc) is 3.09. The van der Waals surface area contributed by atoms with E-state index in [-0.39, 0.29) is 5.91 Å². The Kier molecular flexibility index (Phi) is 2.80. The molecule has 0 aromatic carbocycles. The number of amides is 1. The summed E-state index contributed by atoms with van der Waals surface area (Å²) >= 11 is 1.77. The van der Waals surface area contributed by atoms with E-state index in [4.69, 9.17) is 4.42 Å². The molecule has 2 aromatic rings. The molecule has 4 rings (SSSR count). The van der Waals surface area contributed by atoms with Gasteiger partial charge in [0.05, 0.1) is 25.0 Å². The van der Waals surface area contributed by atoms with Gasteiger partial charge in [0.2, 0.25) is 0 Å². The van der Waals surface area contributed by atoms with Crippen molar-refractivity contribution in [1.82, 2.24) is 4.90 Å². The van der Waals surface area contributed by atoms with E-state index in [1.54, 1.807) is 17.6 Å². The maximum Gasteiger partial charge on any atom is 0.258 e. The van der Waals surface area contributed by atoms with Crippen LogP contribution in [0.25, 0.3) is 0 Å². The minimum atomic E-state index is 0.148. The molecule has 1 aliphatic heterocycles. The summed E-state index contributed by atoms with van der Waals surface area (Å²) in [7, 11) is 0. The van der Waals surface area contributed by atoms with Gasteiger partial charge in [0.1, 0.15) is 10.8 Å². The molecule has 4 nitrogen and oxygen atoms in total. The van der Waals surface area contributed by atoms with Crippen molar-refractivity contribution in [3.05, 3.63) is 40.2 Å². The molecular formula is C15H16N2O2S. The van der Waals surface area contributed by atoms with Gasteiger partial charge in [-0.3, -0.25) is 4.79 Å². The van der Waals surface area contributed by atoms with Crippen molar-refractivity contribution in [2.45, 2.75) is 32.2 Å². The summed E-state index contributed by atoms with van der Waals surface area (Å²) < 4.78 is 5.35. The second-order valence-electron chi connectivity index (χ2n) is 5.33. The van der Waals surface area contributed by atoms with Gasteiger partial charge in [-0.05, 0) is 43.4 Å². The van der Waals surface area contributed by atoms with Crippen LogP contribution in [0.1, 0.15) is 39.4 Å². The van der Waals surface area contributed by atoms with Crippen LogP contribution in [0.3, 0.4) is 0 Å². The van der Waals surface area contributed by atoms with Crippen LogP contribution in [0.5, 0.6) is 0 Å². The van der Waals surface area contributed by atoms with Gasteiger partial charge < -0.3 is 14.6 Å².